The van der Waals surface area contributed by atoms with E-state index in [1.807, 2.05) is 19.2 Å². The molecule has 0 aliphatic heterocycles. The summed E-state index contributed by atoms with van der Waals surface area (Å²) in [5.74, 6) is 0.899. The molecule has 0 spiro atoms. The fraction of sp³-hybridized carbons (Fsp3) is 0.308. The Labute approximate surface area is 99.7 Å². The quantitative estimate of drug-likeness (QED) is 0.881. The molecular weight excluding hydrogens is 218 g/mol. The molecule has 84 valence electrons. The molecule has 0 radical (unpaired) electrons. The minimum absolute atomic E-state index is 0.225. The van der Waals surface area contributed by atoms with E-state index in [2.05, 4.69) is 29.2 Å². The van der Waals surface area contributed by atoms with Crippen molar-refractivity contribution < 1.29 is 5.11 Å². The SMILES string of the molecule is CC(CO)SCc1cccc2cccnc12. The topological polar surface area (TPSA) is 33.1 Å². The zero-order valence-electron chi connectivity index (χ0n) is 9.26. The van der Waals surface area contributed by atoms with Gasteiger partial charge in [-0.25, -0.2) is 0 Å². The van der Waals surface area contributed by atoms with E-state index in [-0.39, 0.29) is 11.9 Å². The summed E-state index contributed by atoms with van der Waals surface area (Å²) >= 11 is 1.75. The third-order valence-corrected chi connectivity index (χ3v) is 3.69. The summed E-state index contributed by atoms with van der Waals surface area (Å²) < 4.78 is 0. The largest absolute Gasteiger partial charge is 0.395 e. The van der Waals surface area contributed by atoms with Gasteiger partial charge in [0.1, 0.15) is 0 Å². The molecular formula is C13H15NOS. The number of benzene rings is 1. The lowest BCUT2D eigenvalue weighted by Gasteiger charge is -2.09. The predicted octanol–water partition coefficient (Wildman–Crippen LogP) is 2.85. The van der Waals surface area contributed by atoms with Crippen molar-refractivity contribution >= 4 is 22.7 Å². The number of rotatable bonds is 4. The molecule has 16 heavy (non-hydrogen) atoms. The van der Waals surface area contributed by atoms with Crippen molar-refractivity contribution in [3.8, 4) is 0 Å². The van der Waals surface area contributed by atoms with Crippen molar-refractivity contribution in [3.05, 3.63) is 42.1 Å². The fourth-order valence-electron chi connectivity index (χ4n) is 1.57. The van der Waals surface area contributed by atoms with Gasteiger partial charge in [-0.05, 0) is 11.6 Å². The number of thioether (sulfide) groups is 1. The normalized spacial score (nSPS) is 12.9. The van der Waals surface area contributed by atoms with Gasteiger partial charge in [0.25, 0.3) is 0 Å². The molecule has 0 saturated carbocycles. The van der Waals surface area contributed by atoms with Gasteiger partial charge in [-0.1, -0.05) is 31.2 Å². The molecule has 1 heterocycles. The third kappa shape index (κ3) is 2.54. The lowest BCUT2D eigenvalue weighted by atomic mass is 10.1. The van der Waals surface area contributed by atoms with Crippen molar-refractivity contribution in [2.45, 2.75) is 17.9 Å². The van der Waals surface area contributed by atoms with Crippen LogP contribution in [0, 0.1) is 0 Å². The molecule has 2 aromatic rings. The molecule has 1 aromatic heterocycles. The molecule has 0 aliphatic carbocycles. The van der Waals surface area contributed by atoms with Gasteiger partial charge in [-0.15, -0.1) is 0 Å². The maximum absolute atomic E-state index is 8.99. The van der Waals surface area contributed by atoms with Gasteiger partial charge in [0.2, 0.25) is 0 Å². The first-order valence-corrected chi connectivity index (χ1v) is 6.41. The van der Waals surface area contributed by atoms with Gasteiger partial charge in [0.05, 0.1) is 12.1 Å². The molecule has 0 bridgehead atoms. The van der Waals surface area contributed by atoms with Gasteiger partial charge in [-0.3, -0.25) is 4.98 Å². The summed E-state index contributed by atoms with van der Waals surface area (Å²) in [4.78, 5) is 4.41. The first kappa shape index (κ1) is 11.4. The number of aromatic nitrogens is 1. The third-order valence-electron chi connectivity index (χ3n) is 2.50. The number of pyridine rings is 1. The number of nitrogens with zero attached hydrogens (tertiary/aromatic N) is 1. The summed E-state index contributed by atoms with van der Waals surface area (Å²) in [6.45, 7) is 2.26. The first-order chi connectivity index (χ1) is 7.81. The lowest BCUT2D eigenvalue weighted by molar-refractivity contribution is 0.300. The average Bonchev–Trinajstić information content (AvgIpc) is 2.35. The summed E-state index contributed by atoms with van der Waals surface area (Å²) in [6, 6.07) is 10.3. The van der Waals surface area contributed by atoms with E-state index in [1.54, 1.807) is 11.8 Å². The maximum Gasteiger partial charge on any atom is 0.0742 e. The van der Waals surface area contributed by atoms with Gasteiger partial charge in [0.15, 0.2) is 0 Å². The highest BCUT2D eigenvalue weighted by Crippen LogP contribution is 2.22. The van der Waals surface area contributed by atoms with Crippen LogP contribution >= 0.6 is 11.8 Å². The smallest absolute Gasteiger partial charge is 0.0742 e. The minimum Gasteiger partial charge on any atom is -0.395 e. The second-order valence-electron chi connectivity index (χ2n) is 3.80. The van der Waals surface area contributed by atoms with Crippen LogP contribution in [-0.2, 0) is 5.75 Å². The van der Waals surface area contributed by atoms with Gasteiger partial charge in [0, 0.05) is 22.6 Å². The number of para-hydroxylation sites is 1. The molecule has 0 fully saturated rings. The monoisotopic (exact) mass is 233 g/mol. The lowest BCUT2D eigenvalue weighted by Crippen LogP contribution is -2.02. The highest BCUT2D eigenvalue weighted by Gasteiger charge is 2.04. The molecule has 1 N–H and O–H groups in total. The van der Waals surface area contributed by atoms with Gasteiger partial charge in [-0.2, -0.15) is 11.8 Å². The van der Waals surface area contributed by atoms with Crippen LogP contribution in [-0.4, -0.2) is 21.9 Å². The molecule has 0 aliphatic rings. The van der Waals surface area contributed by atoms with Crippen molar-refractivity contribution in [2.24, 2.45) is 0 Å². The maximum atomic E-state index is 8.99. The van der Waals surface area contributed by atoms with Crippen LogP contribution < -0.4 is 0 Å². The molecule has 1 atom stereocenters. The van der Waals surface area contributed by atoms with Crippen molar-refractivity contribution in [3.63, 3.8) is 0 Å². The van der Waals surface area contributed by atoms with E-state index in [0.717, 1.165) is 11.3 Å². The summed E-state index contributed by atoms with van der Waals surface area (Å²) in [6.07, 6.45) is 1.83. The molecule has 1 aromatic carbocycles. The minimum atomic E-state index is 0.225. The second-order valence-corrected chi connectivity index (χ2v) is 5.22. The number of hydrogen-bond donors (Lipinski definition) is 1. The molecule has 3 heteroatoms. The molecule has 0 amide bonds. The van der Waals surface area contributed by atoms with Crippen molar-refractivity contribution in [1.29, 1.82) is 0 Å². The van der Waals surface area contributed by atoms with Gasteiger partial charge >= 0.3 is 0 Å². The number of aliphatic hydroxyl groups excluding tert-OH is 1. The fourth-order valence-corrected chi connectivity index (χ4v) is 2.37. The highest BCUT2D eigenvalue weighted by molar-refractivity contribution is 7.99. The van der Waals surface area contributed by atoms with Crippen molar-refractivity contribution in [1.82, 2.24) is 4.98 Å². The van der Waals surface area contributed by atoms with E-state index >= 15 is 0 Å². The Bertz CT molecular complexity index is 467. The summed E-state index contributed by atoms with van der Waals surface area (Å²) in [5.41, 5.74) is 2.31. The van der Waals surface area contributed by atoms with E-state index in [9.17, 15) is 0 Å². The Hall–Kier alpha value is -1.06. The molecule has 1 unspecified atom stereocenters. The summed E-state index contributed by atoms with van der Waals surface area (Å²) in [7, 11) is 0. The van der Waals surface area contributed by atoms with Crippen LogP contribution in [0.3, 0.4) is 0 Å². The van der Waals surface area contributed by atoms with Crippen molar-refractivity contribution in [2.75, 3.05) is 6.61 Å². The molecule has 0 saturated heterocycles. The van der Waals surface area contributed by atoms with Crippen LogP contribution in [0.15, 0.2) is 36.5 Å². The highest BCUT2D eigenvalue weighted by atomic mass is 32.2. The Morgan fingerprint density at radius 2 is 2.12 bits per heavy atom. The van der Waals surface area contributed by atoms with E-state index in [0.29, 0.717) is 0 Å². The standard InChI is InChI=1S/C13H15NOS/c1-10(8-15)16-9-12-5-2-4-11-6-3-7-14-13(11)12/h2-7,10,15H,8-9H2,1H3. The van der Waals surface area contributed by atoms with Crippen LogP contribution in [0.25, 0.3) is 10.9 Å². The first-order valence-electron chi connectivity index (χ1n) is 5.36. The zero-order chi connectivity index (χ0) is 11.4. The van der Waals surface area contributed by atoms with Crippen LogP contribution in [0.5, 0.6) is 0 Å². The molecule has 2 rings (SSSR count). The van der Waals surface area contributed by atoms with Crippen LogP contribution in [0.2, 0.25) is 0 Å². The van der Waals surface area contributed by atoms with E-state index in [4.69, 9.17) is 5.11 Å². The van der Waals surface area contributed by atoms with E-state index in [1.165, 1.54) is 10.9 Å². The number of fused-ring (bicyclic) bond motifs is 1. The Morgan fingerprint density at radius 1 is 1.31 bits per heavy atom. The summed E-state index contributed by atoms with van der Waals surface area (Å²) in [5, 5.41) is 10.4. The Balaban J connectivity index is 2.23. The van der Waals surface area contributed by atoms with Crippen LogP contribution in [0.4, 0.5) is 0 Å². The predicted molar refractivity (Wildman–Crippen MR) is 69.6 cm³/mol. The zero-order valence-corrected chi connectivity index (χ0v) is 10.1. The average molecular weight is 233 g/mol. The number of hydrogen-bond acceptors (Lipinski definition) is 3. The molecule has 2 nitrogen and oxygen atoms in total. The van der Waals surface area contributed by atoms with Crippen LogP contribution in [0.1, 0.15) is 12.5 Å². The van der Waals surface area contributed by atoms with E-state index < -0.39 is 0 Å². The number of aliphatic hydroxyl groups is 1. The van der Waals surface area contributed by atoms with Gasteiger partial charge < -0.3 is 5.11 Å². The second kappa shape index (κ2) is 5.32. The Morgan fingerprint density at radius 3 is 2.94 bits per heavy atom. The Kier molecular flexibility index (Phi) is 3.80.